The van der Waals surface area contributed by atoms with Crippen LogP contribution in [-0.2, 0) is 4.79 Å². The van der Waals surface area contributed by atoms with E-state index < -0.39 is 0 Å². The minimum atomic E-state index is -0.132. The zero-order chi connectivity index (χ0) is 7.56. The zero-order valence-electron chi connectivity index (χ0n) is 6.18. The first-order valence-corrected chi connectivity index (χ1v) is 3.82. The van der Waals surface area contributed by atoms with Gasteiger partial charge < -0.3 is 5.73 Å². The molecule has 0 atom stereocenters. The predicted octanol–water partition coefficient (Wildman–Crippen LogP) is 1.11. The summed E-state index contributed by atoms with van der Waals surface area (Å²) in [4.78, 5) is 10.7. The van der Waals surface area contributed by atoms with E-state index in [1.165, 1.54) is 0 Å². The highest BCUT2D eigenvalue weighted by atomic mass is 16.1. The molecular formula is C8H14NO. The van der Waals surface area contributed by atoms with E-state index in [-0.39, 0.29) is 11.8 Å². The number of carbonyl (C=O) groups excluding carboxylic acids is 1. The highest BCUT2D eigenvalue weighted by molar-refractivity contribution is 5.76. The Labute approximate surface area is 61.8 Å². The molecule has 0 aromatic rings. The fraction of sp³-hybridized carbons (Fsp3) is 0.750. The van der Waals surface area contributed by atoms with Gasteiger partial charge >= 0.3 is 0 Å². The topological polar surface area (TPSA) is 43.1 Å². The zero-order valence-corrected chi connectivity index (χ0v) is 6.18. The van der Waals surface area contributed by atoms with Crippen molar-refractivity contribution in [2.24, 2.45) is 17.6 Å². The predicted molar refractivity (Wildman–Crippen MR) is 40.0 cm³/mol. The first kappa shape index (κ1) is 7.58. The van der Waals surface area contributed by atoms with Gasteiger partial charge in [-0.05, 0) is 31.6 Å². The third-order valence-corrected chi connectivity index (χ3v) is 2.25. The van der Waals surface area contributed by atoms with Gasteiger partial charge in [0.1, 0.15) is 0 Å². The van der Waals surface area contributed by atoms with Gasteiger partial charge in [0.2, 0.25) is 5.91 Å². The normalized spacial score (nSPS) is 33.7. The second kappa shape index (κ2) is 3.04. The van der Waals surface area contributed by atoms with Crippen LogP contribution in [0.1, 0.15) is 25.7 Å². The molecule has 2 heteroatoms. The summed E-state index contributed by atoms with van der Waals surface area (Å²) in [6, 6.07) is 0. The van der Waals surface area contributed by atoms with Gasteiger partial charge in [0, 0.05) is 5.92 Å². The minimum Gasteiger partial charge on any atom is -0.369 e. The average Bonchev–Trinajstić information content (AvgIpc) is 1.88. The Kier molecular flexibility index (Phi) is 2.30. The minimum absolute atomic E-state index is 0.132. The van der Waals surface area contributed by atoms with Crippen molar-refractivity contribution in [3.63, 3.8) is 0 Å². The van der Waals surface area contributed by atoms with E-state index in [9.17, 15) is 4.79 Å². The number of nitrogens with two attached hydrogens (primary N) is 1. The molecule has 1 amide bonds. The maximum absolute atomic E-state index is 10.7. The Morgan fingerprint density at radius 2 is 1.80 bits per heavy atom. The summed E-state index contributed by atoms with van der Waals surface area (Å²) in [7, 11) is 0. The van der Waals surface area contributed by atoms with Gasteiger partial charge in [-0.2, -0.15) is 0 Å². The Balaban J connectivity index is 2.33. The van der Waals surface area contributed by atoms with Crippen LogP contribution in [0.5, 0.6) is 0 Å². The van der Waals surface area contributed by atoms with Gasteiger partial charge in [0.25, 0.3) is 0 Å². The van der Waals surface area contributed by atoms with Crippen molar-refractivity contribution < 1.29 is 4.79 Å². The summed E-state index contributed by atoms with van der Waals surface area (Å²) < 4.78 is 0. The molecular weight excluding hydrogens is 126 g/mol. The van der Waals surface area contributed by atoms with Gasteiger partial charge in [0.05, 0.1) is 0 Å². The van der Waals surface area contributed by atoms with Crippen molar-refractivity contribution in [1.82, 2.24) is 0 Å². The van der Waals surface area contributed by atoms with Crippen molar-refractivity contribution in [3.8, 4) is 0 Å². The van der Waals surface area contributed by atoms with Crippen molar-refractivity contribution in [2.75, 3.05) is 0 Å². The van der Waals surface area contributed by atoms with Gasteiger partial charge in [-0.1, -0.05) is 6.92 Å². The van der Waals surface area contributed by atoms with Gasteiger partial charge in [0.15, 0.2) is 0 Å². The second-order valence-corrected chi connectivity index (χ2v) is 3.12. The van der Waals surface area contributed by atoms with E-state index in [1.54, 1.807) is 0 Å². The maximum Gasteiger partial charge on any atom is 0.220 e. The number of rotatable bonds is 1. The van der Waals surface area contributed by atoms with E-state index in [4.69, 9.17) is 5.73 Å². The van der Waals surface area contributed by atoms with Crippen molar-refractivity contribution >= 4 is 5.91 Å². The van der Waals surface area contributed by atoms with Crippen LogP contribution in [0.4, 0.5) is 0 Å². The van der Waals surface area contributed by atoms with Crippen LogP contribution in [0.15, 0.2) is 0 Å². The standard InChI is InChI=1S/C8H14NO/c1-6-2-4-7(5-3-6)8(9)10/h6-7H,1-5H2,(H2,9,10). The molecule has 0 aliphatic heterocycles. The Hall–Kier alpha value is -0.530. The molecule has 1 saturated carbocycles. The SMILES string of the molecule is [CH2]C1CCC(C(N)=O)CC1. The van der Waals surface area contributed by atoms with Gasteiger partial charge in [-0.15, -0.1) is 0 Å². The van der Waals surface area contributed by atoms with Crippen LogP contribution < -0.4 is 5.73 Å². The summed E-state index contributed by atoms with van der Waals surface area (Å²) in [6.07, 6.45) is 4.02. The number of hydrogen-bond acceptors (Lipinski definition) is 1. The molecule has 0 heterocycles. The Morgan fingerprint density at radius 3 is 2.20 bits per heavy atom. The summed E-state index contributed by atoms with van der Waals surface area (Å²) in [6.45, 7) is 3.94. The lowest BCUT2D eigenvalue weighted by Crippen LogP contribution is -2.26. The van der Waals surface area contributed by atoms with Gasteiger partial charge in [-0.3, -0.25) is 4.79 Å². The first-order valence-electron chi connectivity index (χ1n) is 3.82. The molecule has 1 aliphatic carbocycles. The molecule has 1 aliphatic rings. The summed E-state index contributed by atoms with van der Waals surface area (Å²) in [5.74, 6) is 0.556. The smallest absolute Gasteiger partial charge is 0.220 e. The molecule has 2 N–H and O–H groups in total. The molecule has 1 fully saturated rings. The largest absolute Gasteiger partial charge is 0.369 e. The monoisotopic (exact) mass is 140 g/mol. The quantitative estimate of drug-likeness (QED) is 0.582. The van der Waals surface area contributed by atoms with E-state index in [1.807, 2.05) is 0 Å². The second-order valence-electron chi connectivity index (χ2n) is 3.12. The van der Waals surface area contributed by atoms with Gasteiger partial charge in [-0.25, -0.2) is 0 Å². The molecule has 0 unspecified atom stereocenters. The van der Waals surface area contributed by atoms with Crippen LogP contribution in [0.25, 0.3) is 0 Å². The number of amides is 1. The summed E-state index contributed by atoms with van der Waals surface area (Å²) in [5.41, 5.74) is 5.15. The molecule has 1 radical (unpaired) electrons. The highest BCUT2D eigenvalue weighted by Crippen LogP contribution is 2.27. The Morgan fingerprint density at radius 1 is 1.30 bits per heavy atom. The fourth-order valence-electron chi connectivity index (χ4n) is 1.45. The van der Waals surface area contributed by atoms with E-state index in [0.29, 0.717) is 5.92 Å². The lowest BCUT2D eigenvalue weighted by Gasteiger charge is -2.23. The molecule has 57 valence electrons. The molecule has 0 bridgehead atoms. The van der Waals surface area contributed by atoms with Crippen LogP contribution >= 0.6 is 0 Å². The number of hydrogen-bond donors (Lipinski definition) is 1. The number of carbonyl (C=O) groups is 1. The van der Waals surface area contributed by atoms with Crippen LogP contribution in [-0.4, -0.2) is 5.91 Å². The molecule has 1 rings (SSSR count). The van der Waals surface area contributed by atoms with Crippen molar-refractivity contribution in [1.29, 1.82) is 0 Å². The van der Waals surface area contributed by atoms with Crippen LogP contribution in [0.3, 0.4) is 0 Å². The highest BCUT2D eigenvalue weighted by Gasteiger charge is 2.21. The first-order chi connectivity index (χ1) is 4.70. The van der Waals surface area contributed by atoms with Crippen LogP contribution in [0.2, 0.25) is 0 Å². The lowest BCUT2D eigenvalue weighted by molar-refractivity contribution is -0.122. The fourth-order valence-corrected chi connectivity index (χ4v) is 1.45. The molecule has 2 nitrogen and oxygen atoms in total. The molecule has 0 aromatic carbocycles. The van der Waals surface area contributed by atoms with E-state index in [0.717, 1.165) is 25.7 Å². The molecule has 0 spiro atoms. The van der Waals surface area contributed by atoms with Crippen molar-refractivity contribution in [3.05, 3.63) is 6.92 Å². The van der Waals surface area contributed by atoms with Crippen molar-refractivity contribution in [2.45, 2.75) is 25.7 Å². The van der Waals surface area contributed by atoms with E-state index in [2.05, 4.69) is 6.92 Å². The summed E-state index contributed by atoms with van der Waals surface area (Å²) >= 11 is 0. The Bertz CT molecular complexity index is 125. The third-order valence-electron chi connectivity index (χ3n) is 2.25. The third kappa shape index (κ3) is 1.72. The van der Waals surface area contributed by atoms with E-state index >= 15 is 0 Å². The average molecular weight is 140 g/mol. The molecule has 0 saturated heterocycles. The van der Waals surface area contributed by atoms with Crippen LogP contribution in [0, 0.1) is 18.8 Å². The molecule has 10 heavy (non-hydrogen) atoms. The molecule has 0 aromatic heterocycles. The lowest BCUT2D eigenvalue weighted by atomic mass is 9.83. The summed E-state index contributed by atoms with van der Waals surface area (Å²) in [5, 5.41) is 0. The number of primary amides is 1. The maximum atomic E-state index is 10.7.